The molecule has 0 radical (unpaired) electrons. The van der Waals surface area contributed by atoms with E-state index < -0.39 is 19.2 Å². The van der Waals surface area contributed by atoms with Gasteiger partial charge in [-0.1, -0.05) is 0 Å². The molecular weight excluding hydrogens is 291 g/mol. The highest BCUT2D eigenvalue weighted by Crippen LogP contribution is 2.58. The Balaban J connectivity index is 2.72. The Morgan fingerprint density at radius 1 is 1.21 bits per heavy atom. The minimum atomic E-state index is -3.28. The lowest BCUT2D eigenvalue weighted by Gasteiger charge is -2.26. The molecule has 0 aliphatic heterocycles. The van der Waals surface area contributed by atoms with Crippen LogP contribution in [-0.2, 0) is 23.1 Å². The number of hydrogen-bond acceptors (Lipinski definition) is 5. The van der Waals surface area contributed by atoms with Crippen LogP contribution in [0.3, 0.4) is 0 Å². The number of esters is 1. The number of rotatable bonds is 8. The molecule has 1 aliphatic carbocycles. The van der Waals surface area contributed by atoms with E-state index in [0.29, 0.717) is 12.8 Å². The Labute approximate surface area is 119 Å². The summed E-state index contributed by atoms with van der Waals surface area (Å²) in [6.45, 7) is 7.17. The summed E-state index contributed by atoms with van der Waals surface area (Å²) in [6.07, 6.45) is 0.998. The smallest absolute Gasteiger partial charge is 0.335 e. The van der Waals surface area contributed by atoms with Crippen molar-refractivity contribution >= 4 is 25.2 Å². The number of carbonyl (C=O) groups is 1. The standard InChI is InChI=1S/C12H22ClO5P/c1-9(2)17-19(15,18-10(3)4)8-12(5-6-12)16-11(14)7-13/h9-10H,5-8H2,1-4H3. The molecule has 0 N–H and O–H groups in total. The van der Waals surface area contributed by atoms with Gasteiger partial charge in [-0.3, -0.25) is 9.36 Å². The molecule has 0 aromatic rings. The molecule has 1 aliphatic rings. The predicted molar refractivity (Wildman–Crippen MR) is 73.7 cm³/mol. The van der Waals surface area contributed by atoms with Crippen molar-refractivity contribution in [3.8, 4) is 0 Å². The maximum absolute atomic E-state index is 12.7. The number of carbonyl (C=O) groups excluding carboxylic acids is 1. The van der Waals surface area contributed by atoms with Gasteiger partial charge >= 0.3 is 13.6 Å². The van der Waals surface area contributed by atoms with Gasteiger partial charge in [-0.15, -0.1) is 11.6 Å². The number of halogens is 1. The molecule has 0 atom stereocenters. The molecule has 5 nitrogen and oxygen atoms in total. The molecule has 112 valence electrons. The second-order valence-corrected chi connectivity index (χ2v) is 7.59. The summed E-state index contributed by atoms with van der Waals surface area (Å²) >= 11 is 5.42. The number of ether oxygens (including phenoxy) is 1. The van der Waals surface area contributed by atoms with Gasteiger partial charge in [-0.05, 0) is 40.5 Å². The third-order valence-electron chi connectivity index (χ3n) is 2.47. The van der Waals surface area contributed by atoms with Crippen molar-refractivity contribution in [2.24, 2.45) is 0 Å². The van der Waals surface area contributed by atoms with Crippen LogP contribution in [0, 0.1) is 0 Å². The molecule has 19 heavy (non-hydrogen) atoms. The molecule has 1 rings (SSSR count). The van der Waals surface area contributed by atoms with Gasteiger partial charge in [-0.25, -0.2) is 0 Å². The van der Waals surface area contributed by atoms with Crippen molar-refractivity contribution in [1.82, 2.24) is 0 Å². The summed E-state index contributed by atoms with van der Waals surface area (Å²) in [6, 6.07) is 0. The van der Waals surface area contributed by atoms with E-state index >= 15 is 0 Å². The van der Waals surface area contributed by atoms with Gasteiger partial charge in [0, 0.05) is 0 Å². The highest BCUT2D eigenvalue weighted by atomic mass is 35.5. The van der Waals surface area contributed by atoms with Crippen LogP contribution >= 0.6 is 19.2 Å². The molecule has 0 saturated heterocycles. The molecule has 0 aromatic heterocycles. The van der Waals surface area contributed by atoms with E-state index in [1.807, 2.05) is 0 Å². The first kappa shape index (κ1) is 17.0. The minimum absolute atomic E-state index is 0.0962. The van der Waals surface area contributed by atoms with Gasteiger partial charge in [0.15, 0.2) is 0 Å². The summed E-state index contributed by atoms with van der Waals surface area (Å²) in [5, 5.41) is 0. The molecule has 0 aromatic carbocycles. The second kappa shape index (κ2) is 6.57. The summed E-state index contributed by atoms with van der Waals surface area (Å²) in [4.78, 5) is 11.3. The Bertz CT molecular complexity index is 351. The van der Waals surface area contributed by atoms with Gasteiger partial charge in [-0.2, -0.15) is 0 Å². The Morgan fingerprint density at radius 2 is 1.68 bits per heavy atom. The first-order valence-corrected chi connectivity index (χ1v) is 8.70. The van der Waals surface area contributed by atoms with Crippen LogP contribution in [0.25, 0.3) is 0 Å². The quantitative estimate of drug-likeness (QED) is 0.391. The zero-order valence-corrected chi connectivity index (χ0v) is 13.5. The third kappa shape index (κ3) is 5.82. The third-order valence-corrected chi connectivity index (χ3v) is 5.14. The Kier molecular flexibility index (Phi) is 5.87. The highest BCUT2D eigenvalue weighted by Gasteiger charge is 2.53. The van der Waals surface area contributed by atoms with Crippen molar-refractivity contribution in [3.05, 3.63) is 0 Å². The summed E-state index contributed by atoms with van der Waals surface area (Å²) in [7, 11) is -3.28. The van der Waals surface area contributed by atoms with Crippen molar-refractivity contribution in [2.75, 3.05) is 12.0 Å². The molecular formula is C12H22ClO5P. The first-order valence-electron chi connectivity index (χ1n) is 6.44. The van der Waals surface area contributed by atoms with Gasteiger partial charge in [0.1, 0.15) is 11.5 Å². The fourth-order valence-corrected chi connectivity index (χ4v) is 4.42. The van der Waals surface area contributed by atoms with Crippen LogP contribution in [0.5, 0.6) is 0 Å². The summed E-state index contributed by atoms with van der Waals surface area (Å²) in [5.41, 5.74) is -0.717. The molecule has 0 amide bonds. The zero-order chi connectivity index (χ0) is 14.7. The van der Waals surface area contributed by atoms with Crippen LogP contribution in [0.2, 0.25) is 0 Å². The van der Waals surface area contributed by atoms with Crippen molar-refractivity contribution in [3.63, 3.8) is 0 Å². The van der Waals surface area contributed by atoms with E-state index in [1.165, 1.54) is 0 Å². The number of hydrogen-bond donors (Lipinski definition) is 0. The van der Waals surface area contributed by atoms with E-state index in [4.69, 9.17) is 25.4 Å². The van der Waals surface area contributed by atoms with Gasteiger partial charge < -0.3 is 13.8 Å². The first-order chi connectivity index (χ1) is 8.70. The van der Waals surface area contributed by atoms with Crippen molar-refractivity contribution in [2.45, 2.75) is 58.3 Å². The highest BCUT2D eigenvalue weighted by molar-refractivity contribution is 7.54. The van der Waals surface area contributed by atoms with Crippen LogP contribution in [-0.4, -0.2) is 35.8 Å². The molecule has 0 unspecified atom stereocenters. The van der Waals surface area contributed by atoms with Gasteiger partial charge in [0.2, 0.25) is 0 Å². The monoisotopic (exact) mass is 312 g/mol. The Hall–Kier alpha value is -0.0900. The van der Waals surface area contributed by atoms with E-state index in [1.54, 1.807) is 27.7 Å². The van der Waals surface area contributed by atoms with Crippen LogP contribution in [0.15, 0.2) is 0 Å². The average molecular weight is 313 g/mol. The SMILES string of the molecule is CC(C)OP(=O)(CC1(OC(=O)CCl)CC1)OC(C)C. The largest absolute Gasteiger partial charge is 0.457 e. The molecule has 0 bridgehead atoms. The lowest BCUT2D eigenvalue weighted by molar-refractivity contribution is -0.146. The Morgan fingerprint density at radius 3 is 2.00 bits per heavy atom. The summed E-state index contributed by atoms with van der Waals surface area (Å²) < 4.78 is 28.8. The molecule has 0 spiro atoms. The maximum Gasteiger partial charge on any atom is 0.335 e. The van der Waals surface area contributed by atoms with Crippen LogP contribution in [0.1, 0.15) is 40.5 Å². The fourth-order valence-electron chi connectivity index (χ4n) is 1.80. The van der Waals surface area contributed by atoms with E-state index in [2.05, 4.69) is 0 Å². The topological polar surface area (TPSA) is 61.8 Å². The van der Waals surface area contributed by atoms with Crippen LogP contribution < -0.4 is 0 Å². The lowest BCUT2D eigenvalue weighted by atomic mass is 10.4. The molecule has 7 heteroatoms. The van der Waals surface area contributed by atoms with E-state index in [9.17, 15) is 9.36 Å². The van der Waals surface area contributed by atoms with Crippen molar-refractivity contribution < 1.29 is 23.1 Å². The second-order valence-electron chi connectivity index (χ2n) is 5.37. The zero-order valence-electron chi connectivity index (χ0n) is 11.8. The van der Waals surface area contributed by atoms with E-state index in [0.717, 1.165) is 0 Å². The molecule has 1 saturated carbocycles. The van der Waals surface area contributed by atoms with E-state index in [-0.39, 0.29) is 24.2 Å². The van der Waals surface area contributed by atoms with Crippen molar-refractivity contribution in [1.29, 1.82) is 0 Å². The van der Waals surface area contributed by atoms with Crippen LogP contribution in [0.4, 0.5) is 0 Å². The molecule has 1 fully saturated rings. The molecule has 0 heterocycles. The van der Waals surface area contributed by atoms with Gasteiger partial charge in [0.25, 0.3) is 0 Å². The normalized spacial score (nSPS) is 17.8. The average Bonchev–Trinajstić information content (AvgIpc) is 2.93. The summed E-state index contributed by atoms with van der Waals surface area (Å²) in [5.74, 6) is -0.706. The predicted octanol–water partition coefficient (Wildman–Crippen LogP) is 3.34. The number of alkyl halides is 1. The van der Waals surface area contributed by atoms with Gasteiger partial charge in [0.05, 0.1) is 18.4 Å². The fraction of sp³-hybridized carbons (Fsp3) is 0.917. The minimum Gasteiger partial charge on any atom is -0.457 e. The lowest BCUT2D eigenvalue weighted by Crippen LogP contribution is -2.26. The maximum atomic E-state index is 12.7.